The number of rotatable bonds is 4. The summed E-state index contributed by atoms with van der Waals surface area (Å²) in [5.74, 6) is 0.0192. The van der Waals surface area contributed by atoms with E-state index in [1.807, 2.05) is 51.1 Å². The van der Waals surface area contributed by atoms with Crippen molar-refractivity contribution in [3.05, 3.63) is 35.9 Å². The molecule has 0 aliphatic carbocycles. The van der Waals surface area contributed by atoms with Crippen LogP contribution in [0.25, 0.3) is 0 Å². The molecule has 0 bridgehead atoms. The van der Waals surface area contributed by atoms with Gasteiger partial charge in [0.1, 0.15) is 0 Å². The van der Waals surface area contributed by atoms with Gasteiger partial charge in [-0.15, -0.1) is 0 Å². The maximum atomic E-state index is 10.0. The molecule has 0 saturated heterocycles. The smallest absolute Gasteiger partial charge is 0.0840 e. The zero-order chi connectivity index (χ0) is 11.4. The van der Waals surface area contributed by atoms with Gasteiger partial charge in [0.05, 0.1) is 12.2 Å². The zero-order valence-corrected chi connectivity index (χ0v) is 9.59. The standard InChI is InChI=1S/C13H20O2/c1-9(2)12(14)10(3)13(15)11-7-5-4-6-8-11/h4-10,12-15H,1-3H3/t10-,12+,13+/m1/s1. The van der Waals surface area contributed by atoms with E-state index in [-0.39, 0.29) is 11.8 Å². The van der Waals surface area contributed by atoms with Crippen LogP contribution in [-0.4, -0.2) is 16.3 Å². The molecule has 0 unspecified atom stereocenters. The summed E-state index contributed by atoms with van der Waals surface area (Å²) < 4.78 is 0. The maximum Gasteiger partial charge on any atom is 0.0840 e. The fourth-order valence-electron chi connectivity index (χ4n) is 1.75. The highest BCUT2D eigenvalue weighted by atomic mass is 16.3. The summed E-state index contributed by atoms with van der Waals surface area (Å²) in [6, 6.07) is 9.47. The Morgan fingerprint density at radius 2 is 1.47 bits per heavy atom. The Morgan fingerprint density at radius 3 is 1.93 bits per heavy atom. The number of aliphatic hydroxyl groups is 2. The minimum atomic E-state index is -0.594. The van der Waals surface area contributed by atoms with Crippen LogP contribution in [0.15, 0.2) is 30.3 Å². The Hall–Kier alpha value is -0.860. The van der Waals surface area contributed by atoms with Crippen molar-refractivity contribution in [1.29, 1.82) is 0 Å². The van der Waals surface area contributed by atoms with Crippen LogP contribution in [0, 0.1) is 11.8 Å². The lowest BCUT2D eigenvalue weighted by atomic mass is 9.87. The first-order chi connectivity index (χ1) is 7.04. The zero-order valence-electron chi connectivity index (χ0n) is 9.59. The Bertz CT molecular complexity index is 282. The minimum absolute atomic E-state index is 0.146. The first-order valence-electron chi connectivity index (χ1n) is 5.45. The molecule has 0 spiro atoms. The van der Waals surface area contributed by atoms with Crippen LogP contribution in [-0.2, 0) is 0 Å². The van der Waals surface area contributed by atoms with Gasteiger partial charge in [-0.25, -0.2) is 0 Å². The van der Waals surface area contributed by atoms with E-state index < -0.39 is 12.2 Å². The van der Waals surface area contributed by atoms with Crippen molar-refractivity contribution in [1.82, 2.24) is 0 Å². The Morgan fingerprint density at radius 1 is 0.933 bits per heavy atom. The Labute approximate surface area is 91.6 Å². The third-order valence-electron chi connectivity index (χ3n) is 2.86. The third-order valence-corrected chi connectivity index (χ3v) is 2.86. The van der Waals surface area contributed by atoms with Crippen molar-refractivity contribution >= 4 is 0 Å². The molecule has 84 valence electrons. The second-order valence-corrected chi connectivity index (χ2v) is 4.45. The molecule has 1 rings (SSSR count). The molecule has 0 radical (unpaired) electrons. The highest BCUT2D eigenvalue weighted by Gasteiger charge is 2.25. The summed E-state index contributed by atoms with van der Waals surface area (Å²) in [4.78, 5) is 0. The fraction of sp³-hybridized carbons (Fsp3) is 0.538. The molecule has 0 aliphatic heterocycles. The monoisotopic (exact) mass is 208 g/mol. The predicted octanol–water partition coefficient (Wildman–Crippen LogP) is 2.37. The van der Waals surface area contributed by atoms with Crippen molar-refractivity contribution in [2.24, 2.45) is 11.8 Å². The van der Waals surface area contributed by atoms with Gasteiger partial charge in [0.2, 0.25) is 0 Å². The lowest BCUT2D eigenvalue weighted by Crippen LogP contribution is -2.28. The van der Waals surface area contributed by atoms with Gasteiger partial charge in [0, 0.05) is 5.92 Å². The highest BCUT2D eigenvalue weighted by molar-refractivity contribution is 5.18. The molecule has 0 aliphatic rings. The summed E-state index contributed by atoms with van der Waals surface area (Å²) >= 11 is 0. The number of benzene rings is 1. The molecule has 0 fully saturated rings. The minimum Gasteiger partial charge on any atom is -0.392 e. The van der Waals surface area contributed by atoms with Crippen molar-refractivity contribution in [3.8, 4) is 0 Å². The van der Waals surface area contributed by atoms with Crippen molar-refractivity contribution in [3.63, 3.8) is 0 Å². The highest BCUT2D eigenvalue weighted by Crippen LogP contribution is 2.27. The SMILES string of the molecule is CC(C)[C@H](O)[C@@H](C)[C@H](O)c1ccccc1. The van der Waals surface area contributed by atoms with Crippen LogP contribution >= 0.6 is 0 Å². The Kier molecular flexibility index (Phi) is 4.30. The lowest BCUT2D eigenvalue weighted by Gasteiger charge is -2.26. The van der Waals surface area contributed by atoms with Crippen molar-refractivity contribution < 1.29 is 10.2 Å². The van der Waals surface area contributed by atoms with Crippen LogP contribution in [0.4, 0.5) is 0 Å². The molecule has 0 saturated carbocycles. The average Bonchev–Trinajstić information content (AvgIpc) is 2.27. The van der Waals surface area contributed by atoms with Gasteiger partial charge >= 0.3 is 0 Å². The topological polar surface area (TPSA) is 40.5 Å². The fourth-order valence-corrected chi connectivity index (χ4v) is 1.75. The predicted molar refractivity (Wildman–Crippen MR) is 61.4 cm³/mol. The van der Waals surface area contributed by atoms with Gasteiger partial charge in [-0.1, -0.05) is 51.1 Å². The van der Waals surface area contributed by atoms with Crippen LogP contribution in [0.2, 0.25) is 0 Å². The molecule has 0 amide bonds. The molecule has 15 heavy (non-hydrogen) atoms. The van der Waals surface area contributed by atoms with E-state index in [0.29, 0.717) is 0 Å². The maximum absolute atomic E-state index is 10.0. The summed E-state index contributed by atoms with van der Waals surface area (Å²) in [6.45, 7) is 5.79. The number of aliphatic hydroxyl groups excluding tert-OH is 2. The average molecular weight is 208 g/mol. The molecule has 1 aromatic carbocycles. The molecule has 0 heterocycles. The van der Waals surface area contributed by atoms with Gasteiger partial charge < -0.3 is 10.2 Å². The van der Waals surface area contributed by atoms with Crippen molar-refractivity contribution in [2.45, 2.75) is 33.0 Å². The van der Waals surface area contributed by atoms with Crippen LogP contribution < -0.4 is 0 Å². The van der Waals surface area contributed by atoms with Gasteiger partial charge in [-0.2, -0.15) is 0 Å². The van der Waals surface area contributed by atoms with Crippen molar-refractivity contribution in [2.75, 3.05) is 0 Å². The van der Waals surface area contributed by atoms with E-state index in [2.05, 4.69) is 0 Å². The summed E-state index contributed by atoms with van der Waals surface area (Å²) in [6.07, 6.45) is -1.07. The second kappa shape index (κ2) is 5.29. The molecule has 0 aromatic heterocycles. The van der Waals surface area contributed by atoms with Crippen LogP contribution in [0.3, 0.4) is 0 Å². The van der Waals surface area contributed by atoms with E-state index in [9.17, 15) is 10.2 Å². The normalized spacial score (nSPS) is 17.5. The first kappa shape index (κ1) is 12.2. The molecular formula is C13H20O2. The van der Waals surface area contributed by atoms with Gasteiger partial charge in [-0.05, 0) is 11.5 Å². The molecule has 2 nitrogen and oxygen atoms in total. The van der Waals surface area contributed by atoms with Gasteiger partial charge in [-0.3, -0.25) is 0 Å². The molecular weight excluding hydrogens is 188 g/mol. The summed E-state index contributed by atoms with van der Waals surface area (Å²) in [5.41, 5.74) is 0.865. The van der Waals surface area contributed by atoms with Crippen LogP contribution in [0.5, 0.6) is 0 Å². The first-order valence-corrected chi connectivity index (χ1v) is 5.45. The number of hydrogen-bond acceptors (Lipinski definition) is 2. The summed E-state index contributed by atoms with van der Waals surface area (Å²) in [7, 11) is 0. The molecule has 1 aromatic rings. The second-order valence-electron chi connectivity index (χ2n) is 4.45. The summed E-state index contributed by atoms with van der Waals surface area (Å²) in [5, 5.41) is 19.9. The van der Waals surface area contributed by atoms with Gasteiger partial charge in [0.25, 0.3) is 0 Å². The third kappa shape index (κ3) is 3.05. The lowest BCUT2D eigenvalue weighted by molar-refractivity contribution is -0.00309. The van der Waals surface area contributed by atoms with Gasteiger partial charge in [0.15, 0.2) is 0 Å². The number of hydrogen-bond donors (Lipinski definition) is 2. The van der Waals surface area contributed by atoms with E-state index >= 15 is 0 Å². The Balaban J connectivity index is 2.73. The van der Waals surface area contributed by atoms with Crippen LogP contribution in [0.1, 0.15) is 32.4 Å². The quantitative estimate of drug-likeness (QED) is 0.797. The largest absolute Gasteiger partial charge is 0.392 e. The molecule has 2 N–H and O–H groups in total. The van der Waals surface area contributed by atoms with E-state index in [4.69, 9.17) is 0 Å². The molecule has 2 heteroatoms. The van der Waals surface area contributed by atoms with E-state index in [1.54, 1.807) is 0 Å². The van der Waals surface area contributed by atoms with E-state index in [0.717, 1.165) is 5.56 Å². The molecule has 3 atom stereocenters. The van der Waals surface area contributed by atoms with E-state index in [1.165, 1.54) is 0 Å².